The standard InChI is InChI=1S/C17H20N2O2/c20-17(21)13-7-8-15-14(9-13)18-16(12-5-6-12)19(15)10-11-3-1-2-4-11/h7-9,11-12H,1-6,10H2,(H,20,21). The van der Waals surface area contributed by atoms with Gasteiger partial charge in [-0.15, -0.1) is 0 Å². The van der Waals surface area contributed by atoms with Crippen LogP contribution in [0.25, 0.3) is 11.0 Å². The number of imidazole rings is 1. The van der Waals surface area contributed by atoms with E-state index in [9.17, 15) is 4.79 Å². The van der Waals surface area contributed by atoms with Crippen LogP contribution in [0, 0.1) is 5.92 Å². The summed E-state index contributed by atoms with van der Waals surface area (Å²) in [4.78, 5) is 15.9. The van der Waals surface area contributed by atoms with Crippen molar-refractivity contribution in [3.05, 3.63) is 29.6 Å². The number of rotatable bonds is 4. The van der Waals surface area contributed by atoms with Gasteiger partial charge in [0.2, 0.25) is 0 Å². The maximum absolute atomic E-state index is 11.1. The average Bonchev–Trinajstić information content (AvgIpc) is 3.07. The summed E-state index contributed by atoms with van der Waals surface area (Å²) in [7, 11) is 0. The van der Waals surface area contributed by atoms with Gasteiger partial charge in [-0.3, -0.25) is 0 Å². The fourth-order valence-electron chi connectivity index (χ4n) is 3.58. The lowest BCUT2D eigenvalue weighted by molar-refractivity contribution is 0.0697. The molecule has 4 rings (SSSR count). The van der Waals surface area contributed by atoms with Crippen molar-refractivity contribution in [2.75, 3.05) is 0 Å². The van der Waals surface area contributed by atoms with Gasteiger partial charge in [0.05, 0.1) is 16.6 Å². The Balaban J connectivity index is 1.78. The first-order valence-electron chi connectivity index (χ1n) is 7.96. The Morgan fingerprint density at radius 2 is 2.00 bits per heavy atom. The van der Waals surface area contributed by atoms with E-state index in [0.29, 0.717) is 11.5 Å². The fourth-order valence-corrected chi connectivity index (χ4v) is 3.58. The van der Waals surface area contributed by atoms with Crippen LogP contribution in [0.15, 0.2) is 18.2 Å². The molecule has 4 heteroatoms. The molecular formula is C17H20N2O2. The minimum Gasteiger partial charge on any atom is -0.478 e. The molecule has 1 aromatic heterocycles. The van der Waals surface area contributed by atoms with Crippen LogP contribution < -0.4 is 0 Å². The predicted molar refractivity (Wildman–Crippen MR) is 80.6 cm³/mol. The number of carboxylic acids is 1. The summed E-state index contributed by atoms with van der Waals surface area (Å²) in [5, 5.41) is 9.14. The maximum atomic E-state index is 11.1. The number of hydrogen-bond donors (Lipinski definition) is 1. The van der Waals surface area contributed by atoms with Gasteiger partial charge >= 0.3 is 5.97 Å². The zero-order valence-corrected chi connectivity index (χ0v) is 12.1. The Morgan fingerprint density at radius 3 is 2.67 bits per heavy atom. The van der Waals surface area contributed by atoms with Gasteiger partial charge in [0.15, 0.2) is 0 Å². The molecule has 0 amide bonds. The molecule has 2 saturated carbocycles. The van der Waals surface area contributed by atoms with E-state index in [-0.39, 0.29) is 0 Å². The molecule has 21 heavy (non-hydrogen) atoms. The minimum absolute atomic E-state index is 0.329. The summed E-state index contributed by atoms with van der Waals surface area (Å²) in [5.41, 5.74) is 2.28. The highest BCUT2D eigenvalue weighted by atomic mass is 16.4. The van der Waals surface area contributed by atoms with Crippen LogP contribution in [0.1, 0.15) is 60.6 Å². The molecule has 0 saturated heterocycles. The van der Waals surface area contributed by atoms with Gasteiger partial charge in [-0.05, 0) is 49.8 Å². The molecule has 0 atom stereocenters. The summed E-state index contributed by atoms with van der Waals surface area (Å²) in [5.74, 6) is 1.65. The van der Waals surface area contributed by atoms with Gasteiger partial charge in [-0.2, -0.15) is 0 Å². The molecule has 2 aliphatic carbocycles. The van der Waals surface area contributed by atoms with Crippen LogP contribution in [-0.2, 0) is 6.54 Å². The molecule has 1 aromatic carbocycles. The molecule has 2 aliphatic rings. The summed E-state index contributed by atoms with van der Waals surface area (Å²) in [6.45, 7) is 1.05. The van der Waals surface area contributed by atoms with Crippen LogP contribution >= 0.6 is 0 Å². The highest BCUT2D eigenvalue weighted by Gasteiger charge is 2.30. The number of carbonyl (C=O) groups is 1. The molecule has 4 nitrogen and oxygen atoms in total. The van der Waals surface area contributed by atoms with Gasteiger partial charge in [0.25, 0.3) is 0 Å². The number of aromatic nitrogens is 2. The topological polar surface area (TPSA) is 55.1 Å². The molecule has 2 aromatic rings. The van der Waals surface area contributed by atoms with Gasteiger partial charge in [-0.1, -0.05) is 12.8 Å². The largest absolute Gasteiger partial charge is 0.478 e. The third-order valence-electron chi connectivity index (χ3n) is 4.88. The first-order valence-corrected chi connectivity index (χ1v) is 7.96. The number of nitrogens with zero attached hydrogens (tertiary/aromatic N) is 2. The number of hydrogen-bond acceptors (Lipinski definition) is 2. The van der Waals surface area contributed by atoms with Crippen molar-refractivity contribution >= 4 is 17.0 Å². The second kappa shape index (κ2) is 4.86. The van der Waals surface area contributed by atoms with Gasteiger partial charge in [0.1, 0.15) is 5.82 Å². The summed E-state index contributed by atoms with van der Waals surface area (Å²) in [6, 6.07) is 5.36. The third kappa shape index (κ3) is 2.33. The Hall–Kier alpha value is -1.84. The van der Waals surface area contributed by atoms with Crippen molar-refractivity contribution in [1.82, 2.24) is 9.55 Å². The highest BCUT2D eigenvalue weighted by Crippen LogP contribution is 2.41. The summed E-state index contributed by atoms with van der Waals surface area (Å²) >= 11 is 0. The van der Waals surface area contributed by atoms with Gasteiger partial charge in [0, 0.05) is 12.5 Å². The molecule has 0 radical (unpaired) electrons. The molecule has 1 heterocycles. The van der Waals surface area contributed by atoms with Crippen LogP contribution in [0.4, 0.5) is 0 Å². The van der Waals surface area contributed by atoms with Gasteiger partial charge < -0.3 is 9.67 Å². The van der Waals surface area contributed by atoms with Crippen molar-refractivity contribution < 1.29 is 9.90 Å². The Labute approximate surface area is 123 Å². The molecule has 0 bridgehead atoms. The zero-order valence-electron chi connectivity index (χ0n) is 12.1. The molecule has 2 fully saturated rings. The van der Waals surface area contributed by atoms with E-state index in [1.807, 2.05) is 6.07 Å². The quantitative estimate of drug-likeness (QED) is 0.929. The average molecular weight is 284 g/mol. The van der Waals surface area contributed by atoms with Crippen LogP contribution in [0.5, 0.6) is 0 Å². The van der Waals surface area contributed by atoms with Gasteiger partial charge in [-0.25, -0.2) is 9.78 Å². The first kappa shape index (κ1) is 12.9. The minimum atomic E-state index is -0.879. The lowest BCUT2D eigenvalue weighted by Crippen LogP contribution is -2.10. The van der Waals surface area contributed by atoms with E-state index in [1.54, 1.807) is 12.1 Å². The van der Waals surface area contributed by atoms with Crippen molar-refractivity contribution in [2.45, 2.75) is 51.0 Å². The molecule has 0 spiro atoms. The lowest BCUT2D eigenvalue weighted by Gasteiger charge is -2.14. The molecular weight excluding hydrogens is 264 g/mol. The van der Waals surface area contributed by atoms with E-state index in [4.69, 9.17) is 10.1 Å². The van der Waals surface area contributed by atoms with Crippen LogP contribution in [-0.4, -0.2) is 20.6 Å². The molecule has 0 unspecified atom stereocenters. The normalized spacial score (nSPS) is 19.4. The van der Waals surface area contributed by atoms with Crippen molar-refractivity contribution in [2.24, 2.45) is 5.92 Å². The Bertz CT molecular complexity index is 694. The Morgan fingerprint density at radius 1 is 1.24 bits per heavy atom. The summed E-state index contributed by atoms with van der Waals surface area (Å²) < 4.78 is 2.37. The van der Waals surface area contributed by atoms with Crippen molar-refractivity contribution in [3.63, 3.8) is 0 Å². The maximum Gasteiger partial charge on any atom is 0.335 e. The zero-order chi connectivity index (χ0) is 14.4. The van der Waals surface area contributed by atoms with E-state index in [2.05, 4.69) is 4.57 Å². The molecule has 110 valence electrons. The second-order valence-electron chi connectivity index (χ2n) is 6.51. The fraction of sp³-hybridized carbons (Fsp3) is 0.529. The van der Waals surface area contributed by atoms with E-state index >= 15 is 0 Å². The third-order valence-corrected chi connectivity index (χ3v) is 4.88. The SMILES string of the molecule is O=C(O)c1ccc2c(c1)nc(C1CC1)n2CC1CCCC1. The van der Waals surface area contributed by atoms with E-state index in [1.165, 1.54) is 44.3 Å². The van der Waals surface area contributed by atoms with Crippen LogP contribution in [0.2, 0.25) is 0 Å². The lowest BCUT2D eigenvalue weighted by atomic mass is 10.1. The smallest absolute Gasteiger partial charge is 0.335 e. The predicted octanol–water partition coefficient (Wildman–Crippen LogP) is 3.80. The highest BCUT2D eigenvalue weighted by molar-refractivity contribution is 5.92. The molecule has 1 N–H and O–H groups in total. The number of fused-ring (bicyclic) bond motifs is 1. The summed E-state index contributed by atoms with van der Waals surface area (Å²) in [6.07, 6.45) is 7.77. The number of aromatic carboxylic acids is 1. The second-order valence-corrected chi connectivity index (χ2v) is 6.51. The number of benzene rings is 1. The molecule has 0 aliphatic heterocycles. The van der Waals surface area contributed by atoms with Crippen LogP contribution in [0.3, 0.4) is 0 Å². The van der Waals surface area contributed by atoms with Crippen molar-refractivity contribution in [1.29, 1.82) is 0 Å². The Kier molecular flexibility index (Phi) is 2.98. The van der Waals surface area contributed by atoms with E-state index in [0.717, 1.165) is 23.5 Å². The monoisotopic (exact) mass is 284 g/mol. The number of carboxylic acid groups (broad SMARTS) is 1. The van der Waals surface area contributed by atoms with Crippen molar-refractivity contribution in [3.8, 4) is 0 Å². The first-order chi connectivity index (χ1) is 10.2. The van der Waals surface area contributed by atoms with E-state index < -0.39 is 5.97 Å².